The van der Waals surface area contributed by atoms with Crippen molar-refractivity contribution in [2.75, 3.05) is 6.54 Å². The minimum atomic E-state index is -0.359. The molecule has 0 aromatic carbocycles. The number of rotatable bonds is 2. The molecule has 1 N–H and O–H groups in total. The fourth-order valence-electron chi connectivity index (χ4n) is 1.99. The van der Waals surface area contributed by atoms with Crippen LogP contribution in [0.25, 0.3) is 0 Å². The second kappa shape index (κ2) is 4.64. The molecule has 0 aromatic heterocycles. The number of likely N-dealkylation sites (N-methyl/N-ethyl adjacent to an activating group) is 1. The smallest absolute Gasteiger partial charge is 0.245 e. The maximum atomic E-state index is 12.1. The molecule has 2 atom stereocenters. The fourth-order valence-corrected chi connectivity index (χ4v) is 1.99. The largest absolute Gasteiger partial charge is 0.344 e. The van der Waals surface area contributed by atoms with E-state index in [-0.39, 0.29) is 29.8 Å². The third kappa shape index (κ3) is 2.49. The Hall–Kier alpha value is -1.06. The molecule has 1 aliphatic rings. The highest BCUT2D eigenvalue weighted by atomic mass is 16.2. The van der Waals surface area contributed by atoms with Crippen LogP contribution in [0.2, 0.25) is 0 Å². The zero-order chi connectivity index (χ0) is 11.6. The zero-order valence-corrected chi connectivity index (χ0v) is 9.91. The van der Waals surface area contributed by atoms with Crippen molar-refractivity contribution in [3.05, 3.63) is 0 Å². The van der Waals surface area contributed by atoms with Gasteiger partial charge in [-0.3, -0.25) is 9.59 Å². The Balaban J connectivity index is 2.92. The number of carbonyl (C=O) groups is 2. The van der Waals surface area contributed by atoms with Crippen LogP contribution >= 0.6 is 0 Å². The lowest BCUT2D eigenvalue weighted by Crippen LogP contribution is -2.48. The van der Waals surface area contributed by atoms with Crippen LogP contribution in [0.1, 0.15) is 34.1 Å². The van der Waals surface area contributed by atoms with Crippen LogP contribution in [0, 0.1) is 5.92 Å². The summed E-state index contributed by atoms with van der Waals surface area (Å²) in [5, 5.41) is 2.79. The van der Waals surface area contributed by atoms with E-state index in [4.69, 9.17) is 0 Å². The van der Waals surface area contributed by atoms with E-state index in [9.17, 15) is 9.59 Å². The molecule has 0 saturated carbocycles. The fraction of sp³-hybridized carbons (Fsp3) is 0.818. The van der Waals surface area contributed by atoms with Gasteiger partial charge in [-0.25, -0.2) is 0 Å². The van der Waals surface area contributed by atoms with Gasteiger partial charge in [0.15, 0.2) is 0 Å². The minimum absolute atomic E-state index is 0.00579. The minimum Gasteiger partial charge on any atom is -0.344 e. The molecule has 2 unspecified atom stereocenters. The number of hydrogen-bond acceptors (Lipinski definition) is 2. The highest BCUT2D eigenvalue weighted by Gasteiger charge is 2.34. The van der Waals surface area contributed by atoms with Crippen LogP contribution < -0.4 is 5.32 Å². The van der Waals surface area contributed by atoms with E-state index in [2.05, 4.69) is 5.32 Å². The first-order valence-electron chi connectivity index (χ1n) is 5.57. The maximum Gasteiger partial charge on any atom is 0.245 e. The summed E-state index contributed by atoms with van der Waals surface area (Å²) in [7, 11) is 0. The van der Waals surface area contributed by atoms with Crippen molar-refractivity contribution in [1.29, 1.82) is 0 Å². The van der Waals surface area contributed by atoms with E-state index in [1.54, 1.807) is 4.90 Å². The lowest BCUT2D eigenvalue weighted by Gasteiger charge is -2.28. The molecule has 1 heterocycles. The van der Waals surface area contributed by atoms with E-state index in [1.165, 1.54) is 0 Å². The van der Waals surface area contributed by atoms with Crippen LogP contribution in [0.4, 0.5) is 0 Å². The molecule has 0 spiro atoms. The van der Waals surface area contributed by atoms with Crippen LogP contribution in [0.15, 0.2) is 0 Å². The summed E-state index contributed by atoms with van der Waals surface area (Å²) < 4.78 is 0. The Bertz CT molecular complexity index is 263. The van der Waals surface area contributed by atoms with Gasteiger partial charge in [-0.15, -0.1) is 0 Å². The number of nitrogens with zero attached hydrogens (tertiary/aromatic N) is 1. The molecule has 1 rings (SSSR count). The molecule has 1 saturated heterocycles. The van der Waals surface area contributed by atoms with E-state index in [0.717, 1.165) is 0 Å². The number of hydrogen-bond donors (Lipinski definition) is 1. The third-order valence-electron chi connectivity index (χ3n) is 2.89. The molecule has 4 heteroatoms. The molecule has 0 aliphatic carbocycles. The van der Waals surface area contributed by atoms with Gasteiger partial charge < -0.3 is 10.2 Å². The third-order valence-corrected chi connectivity index (χ3v) is 2.89. The Morgan fingerprint density at radius 2 is 2.07 bits per heavy atom. The summed E-state index contributed by atoms with van der Waals surface area (Å²) in [6, 6.07) is -0.353. The Labute approximate surface area is 91.0 Å². The Morgan fingerprint density at radius 1 is 1.47 bits per heavy atom. The molecule has 1 aliphatic heterocycles. The van der Waals surface area contributed by atoms with E-state index in [0.29, 0.717) is 13.0 Å². The van der Waals surface area contributed by atoms with Crippen molar-refractivity contribution < 1.29 is 9.59 Å². The number of nitrogens with one attached hydrogen (secondary N) is 1. The van der Waals surface area contributed by atoms with E-state index in [1.807, 2.05) is 27.7 Å². The van der Waals surface area contributed by atoms with Gasteiger partial charge in [0.2, 0.25) is 11.8 Å². The first-order chi connectivity index (χ1) is 6.97. The molecule has 86 valence electrons. The molecular formula is C11H20N2O2. The second-order valence-corrected chi connectivity index (χ2v) is 4.47. The monoisotopic (exact) mass is 212 g/mol. The van der Waals surface area contributed by atoms with E-state index < -0.39 is 0 Å². The Morgan fingerprint density at radius 3 is 2.53 bits per heavy atom. The van der Waals surface area contributed by atoms with Gasteiger partial charge in [0.1, 0.15) is 6.04 Å². The van der Waals surface area contributed by atoms with Crippen molar-refractivity contribution in [3.8, 4) is 0 Å². The molecule has 2 amide bonds. The molecule has 0 bridgehead atoms. The SMILES string of the molecule is CCN1C(=O)C(C(C)C)NC(=O)CC1C. The average molecular weight is 212 g/mol. The number of carbonyl (C=O) groups excluding carboxylic acids is 2. The van der Waals surface area contributed by atoms with Crippen molar-refractivity contribution in [3.63, 3.8) is 0 Å². The number of amides is 2. The van der Waals surface area contributed by atoms with Crippen LogP contribution in [0.3, 0.4) is 0 Å². The molecule has 0 aromatic rings. The predicted molar refractivity (Wildman–Crippen MR) is 58.2 cm³/mol. The normalized spacial score (nSPS) is 27.9. The quantitative estimate of drug-likeness (QED) is 0.735. The van der Waals surface area contributed by atoms with E-state index >= 15 is 0 Å². The lowest BCUT2D eigenvalue weighted by molar-refractivity contribution is -0.135. The van der Waals surface area contributed by atoms with Gasteiger partial charge in [-0.1, -0.05) is 13.8 Å². The highest BCUT2D eigenvalue weighted by Crippen LogP contribution is 2.15. The summed E-state index contributed by atoms with van der Waals surface area (Å²) in [5.74, 6) is 0.164. The van der Waals surface area contributed by atoms with Gasteiger partial charge in [-0.05, 0) is 19.8 Å². The van der Waals surface area contributed by atoms with Crippen LogP contribution in [-0.4, -0.2) is 35.3 Å². The molecular weight excluding hydrogens is 192 g/mol. The maximum absolute atomic E-state index is 12.1. The summed E-state index contributed by atoms with van der Waals surface area (Å²) in [4.78, 5) is 25.4. The standard InChI is InChI=1S/C11H20N2O2/c1-5-13-8(4)6-9(14)12-10(7(2)3)11(13)15/h7-8,10H,5-6H2,1-4H3,(H,12,14). The zero-order valence-electron chi connectivity index (χ0n) is 9.91. The first-order valence-corrected chi connectivity index (χ1v) is 5.57. The van der Waals surface area contributed by atoms with Crippen LogP contribution in [-0.2, 0) is 9.59 Å². The molecule has 15 heavy (non-hydrogen) atoms. The molecule has 0 radical (unpaired) electrons. The predicted octanol–water partition coefficient (Wildman–Crippen LogP) is 0.768. The second-order valence-electron chi connectivity index (χ2n) is 4.47. The van der Waals surface area contributed by atoms with Gasteiger partial charge >= 0.3 is 0 Å². The Kier molecular flexibility index (Phi) is 3.72. The van der Waals surface area contributed by atoms with Gasteiger partial charge in [0.05, 0.1) is 0 Å². The van der Waals surface area contributed by atoms with Crippen molar-refractivity contribution in [2.24, 2.45) is 5.92 Å². The average Bonchev–Trinajstić information content (AvgIpc) is 2.23. The molecule has 4 nitrogen and oxygen atoms in total. The topological polar surface area (TPSA) is 49.4 Å². The summed E-state index contributed by atoms with van der Waals surface area (Å²) >= 11 is 0. The van der Waals surface area contributed by atoms with Gasteiger partial charge in [0, 0.05) is 19.0 Å². The van der Waals surface area contributed by atoms with Gasteiger partial charge in [0.25, 0.3) is 0 Å². The summed E-state index contributed by atoms with van der Waals surface area (Å²) in [5.41, 5.74) is 0. The summed E-state index contributed by atoms with van der Waals surface area (Å²) in [6.45, 7) is 8.43. The highest BCUT2D eigenvalue weighted by molar-refractivity contribution is 5.90. The first kappa shape index (κ1) is 12.0. The van der Waals surface area contributed by atoms with Crippen LogP contribution in [0.5, 0.6) is 0 Å². The van der Waals surface area contributed by atoms with Crippen molar-refractivity contribution in [2.45, 2.75) is 46.2 Å². The van der Waals surface area contributed by atoms with Crippen molar-refractivity contribution in [1.82, 2.24) is 10.2 Å². The summed E-state index contributed by atoms with van der Waals surface area (Å²) in [6.07, 6.45) is 0.406. The van der Waals surface area contributed by atoms with Gasteiger partial charge in [-0.2, -0.15) is 0 Å². The molecule has 1 fully saturated rings. The van der Waals surface area contributed by atoms with Crippen molar-refractivity contribution >= 4 is 11.8 Å². The lowest BCUT2D eigenvalue weighted by atomic mass is 10.0.